The van der Waals surface area contributed by atoms with Crippen molar-refractivity contribution in [3.8, 4) is 0 Å². The molecule has 1 amide bonds. The van der Waals surface area contributed by atoms with Crippen molar-refractivity contribution >= 4 is 11.6 Å². The Morgan fingerprint density at radius 3 is 2.90 bits per heavy atom. The van der Waals surface area contributed by atoms with Crippen LogP contribution in [0.3, 0.4) is 0 Å². The highest BCUT2D eigenvalue weighted by Crippen LogP contribution is 2.26. The predicted molar refractivity (Wildman–Crippen MR) is 81.7 cm³/mol. The Hall–Kier alpha value is -1.51. The number of hydrogen-bond acceptors (Lipinski definition) is 2. The van der Waals surface area contributed by atoms with Gasteiger partial charge >= 0.3 is 0 Å². The fourth-order valence-corrected chi connectivity index (χ4v) is 3.39. The molecule has 0 radical (unpaired) electrons. The molecule has 1 fully saturated rings. The van der Waals surface area contributed by atoms with Crippen LogP contribution >= 0.6 is 0 Å². The van der Waals surface area contributed by atoms with E-state index in [0.29, 0.717) is 6.04 Å². The third-order valence-electron chi connectivity index (χ3n) is 4.69. The molecule has 3 rings (SSSR count). The van der Waals surface area contributed by atoms with Crippen molar-refractivity contribution in [2.24, 2.45) is 5.92 Å². The quantitative estimate of drug-likeness (QED) is 0.812. The van der Waals surface area contributed by atoms with Crippen molar-refractivity contribution in [2.45, 2.75) is 57.5 Å². The van der Waals surface area contributed by atoms with Crippen molar-refractivity contribution in [3.05, 3.63) is 29.8 Å². The molecule has 0 aromatic heterocycles. The lowest BCUT2D eigenvalue weighted by Crippen LogP contribution is -2.43. The fraction of sp³-hybridized carbons (Fsp3) is 0.588. The predicted octanol–water partition coefficient (Wildman–Crippen LogP) is 3.11. The zero-order chi connectivity index (χ0) is 13.9. The molecule has 3 atom stereocenters. The molecule has 1 aromatic rings. The molecular weight excluding hydrogens is 248 g/mol. The summed E-state index contributed by atoms with van der Waals surface area (Å²) >= 11 is 0. The minimum Gasteiger partial charge on any atom is -0.373 e. The summed E-state index contributed by atoms with van der Waals surface area (Å²) in [5.74, 6) is 0.978. The molecule has 0 spiro atoms. The van der Waals surface area contributed by atoms with Gasteiger partial charge in [0.05, 0.1) is 0 Å². The first-order chi connectivity index (χ1) is 9.72. The standard InChI is InChI=1S/C17H24N2O/c1-12-5-4-7-14(10-9-12)18-17(20)16-11-13-6-2-3-8-15(13)19-16/h2-3,6,8,12,14,16,19H,4-5,7,9-11H2,1H3,(H,18,20). The van der Waals surface area contributed by atoms with Crippen LogP contribution in [0.5, 0.6) is 0 Å². The SMILES string of the molecule is CC1CCCC(NC(=O)C2Cc3ccccc3N2)CC1. The second kappa shape index (κ2) is 5.86. The van der Waals surface area contributed by atoms with Gasteiger partial charge in [-0.05, 0) is 36.8 Å². The summed E-state index contributed by atoms with van der Waals surface area (Å²) in [6.07, 6.45) is 6.86. The molecule has 108 valence electrons. The summed E-state index contributed by atoms with van der Waals surface area (Å²) in [5, 5.41) is 6.59. The van der Waals surface area contributed by atoms with E-state index in [0.717, 1.165) is 30.9 Å². The summed E-state index contributed by atoms with van der Waals surface area (Å²) < 4.78 is 0. The van der Waals surface area contributed by atoms with E-state index in [1.807, 2.05) is 12.1 Å². The first-order valence-corrected chi connectivity index (χ1v) is 7.87. The molecule has 1 saturated carbocycles. The molecule has 3 heteroatoms. The van der Waals surface area contributed by atoms with E-state index in [2.05, 4.69) is 29.7 Å². The number of para-hydroxylation sites is 1. The summed E-state index contributed by atoms with van der Waals surface area (Å²) in [7, 11) is 0. The molecule has 20 heavy (non-hydrogen) atoms. The fourth-order valence-electron chi connectivity index (χ4n) is 3.39. The van der Waals surface area contributed by atoms with Crippen LogP contribution < -0.4 is 10.6 Å². The Morgan fingerprint density at radius 2 is 2.05 bits per heavy atom. The number of carbonyl (C=O) groups is 1. The molecule has 1 aromatic carbocycles. The van der Waals surface area contributed by atoms with Crippen LogP contribution in [0.25, 0.3) is 0 Å². The Balaban J connectivity index is 1.56. The lowest BCUT2D eigenvalue weighted by atomic mass is 10.0. The summed E-state index contributed by atoms with van der Waals surface area (Å²) in [6.45, 7) is 2.32. The number of amides is 1. The number of rotatable bonds is 2. The van der Waals surface area contributed by atoms with Crippen molar-refractivity contribution in [3.63, 3.8) is 0 Å². The minimum absolute atomic E-state index is 0.0897. The van der Waals surface area contributed by atoms with Crippen LogP contribution in [-0.2, 0) is 11.2 Å². The maximum Gasteiger partial charge on any atom is 0.243 e. The van der Waals surface area contributed by atoms with E-state index < -0.39 is 0 Å². The lowest BCUT2D eigenvalue weighted by molar-refractivity contribution is -0.122. The Morgan fingerprint density at radius 1 is 1.20 bits per heavy atom. The van der Waals surface area contributed by atoms with Gasteiger partial charge in [-0.3, -0.25) is 4.79 Å². The van der Waals surface area contributed by atoms with Crippen LogP contribution in [0.2, 0.25) is 0 Å². The van der Waals surface area contributed by atoms with Gasteiger partial charge in [0, 0.05) is 18.2 Å². The van der Waals surface area contributed by atoms with Gasteiger partial charge in [-0.2, -0.15) is 0 Å². The molecular formula is C17H24N2O. The van der Waals surface area contributed by atoms with E-state index in [9.17, 15) is 4.79 Å². The maximum absolute atomic E-state index is 12.4. The van der Waals surface area contributed by atoms with E-state index in [1.54, 1.807) is 0 Å². The zero-order valence-electron chi connectivity index (χ0n) is 12.2. The van der Waals surface area contributed by atoms with Gasteiger partial charge in [-0.15, -0.1) is 0 Å². The molecule has 0 saturated heterocycles. The van der Waals surface area contributed by atoms with Gasteiger partial charge in [0.15, 0.2) is 0 Å². The molecule has 3 unspecified atom stereocenters. The van der Waals surface area contributed by atoms with Crippen LogP contribution in [0.4, 0.5) is 5.69 Å². The average Bonchev–Trinajstić information content (AvgIpc) is 2.78. The van der Waals surface area contributed by atoms with Crippen molar-refractivity contribution in [2.75, 3.05) is 5.32 Å². The van der Waals surface area contributed by atoms with Gasteiger partial charge in [-0.25, -0.2) is 0 Å². The molecule has 1 aliphatic heterocycles. The highest BCUT2D eigenvalue weighted by atomic mass is 16.2. The highest BCUT2D eigenvalue weighted by molar-refractivity contribution is 5.87. The van der Waals surface area contributed by atoms with Gasteiger partial charge in [0.1, 0.15) is 6.04 Å². The first kappa shape index (κ1) is 13.5. The van der Waals surface area contributed by atoms with Crippen molar-refractivity contribution < 1.29 is 4.79 Å². The van der Waals surface area contributed by atoms with Gasteiger partial charge in [0.25, 0.3) is 0 Å². The number of fused-ring (bicyclic) bond motifs is 1. The Kier molecular flexibility index (Phi) is 3.95. The van der Waals surface area contributed by atoms with Crippen LogP contribution in [0.1, 0.15) is 44.6 Å². The number of nitrogens with one attached hydrogen (secondary N) is 2. The van der Waals surface area contributed by atoms with Gasteiger partial charge < -0.3 is 10.6 Å². The summed E-state index contributed by atoms with van der Waals surface area (Å²) in [5.41, 5.74) is 2.37. The molecule has 0 bridgehead atoms. The first-order valence-electron chi connectivity index (χ1n) is 7.87. The van der Waals surface area contributed by atoms with E-state index >= 15 is 0 Å². The molecule has 2 N–H and O–H groups in total. The lowest BCUT2D eigenvalue weighted by Gasteiger charge is -2.19. The Bertz CT molecular complexity index is 461. The van der Waals surface area contributed by atoms with Crippen LogP contribution in [0, 0.1) is 5.92 Å². The van der Waals surface area contributed by atoms with Gasteiger partial charge in [-0.1, -0.05) is 38.0 Å². The largest absolute Gasteiger partial charge is 0.373 e. The third-order valence-corrected chi connectivity index (χ3v) is 4.69. The van der Waals surface area contributed by atoms with E-state index in [-0.39, 0.29) is 11.9 Å². The van der Waals surface area contributed by atoms with Crippen molar-refractivity contribution in [1.29, 1.82) is 0 Å². The Labute approximate surface area is 121 Å². The summed E-state index contributed by atoms with van der Waals surface area (Å²) in [6, 6.07) is 8.48. The smallest absolute Gasteiger partial charge is 0.243 e. The molecule has 3 nitrogen and oxygen atoms in total. The normalized spacial score (nSPS) is 29.1. The monoisotopic (exact) mass is 272 g/mol. The molecule has 1 aliphatic carbocycles. The van der Waals surface area contributed by atoms with Crippen LogP contribution in [-0.4, -0.2) is 18.0 Å². The third kappa shape index (κ3) is 2.97. The number of hydrogen-bond donors (Lipinski definition) is 2. The topological polar surface area (TPSA) is 41.1 Å². The molecule has 2 aliphatic rings. The second-order valence-corrected chi connectivity index (χ2v) is 6.38. The molecule has 1 heterocycles. The highest BCUT2D eigenvalue weighted by Gasteiger charge is 2.28. The van der Waals surface area contributed by atoms with Crippen molar-refractivity contribution in [1.82, 2.24) is 5.32 Å². The average molecular weight is 272 g/mol. The number of carbonyl (C=O) groups excluding carboxylic acids is 1. The van der Waals surface area contributed by atoms with E-state index in [1.165, 1.54) is 24.8 Å². The van der Waals surface area contributed by atoms with Gasteiger partial charge in [0.2, 0.25) is 5.91 Å². The van der Waals surface area contributed by atoms with E-state index in [4.69, 9.17) is 0 Å². The summed E-state index contributed by atoms with van der Waals surface area (Å²) in [4.78, 5) is 12.4. The number of anilines is 1. The second-order valence-electron chi connectivity index (χ2n) is 6.38. The van der Waals surface area contributed by atoms with Crippen LogP contribution in [0.15, 0.2) is 24.3 Å². The minimum atomic E-state index is -0.0897. The number of benzene rings is 1. The zero-order valence-corrected chi connectivity index (χ0v) is 12.2. The maximum atomic E-state index is 12.4.